The highest BCUT2D eigenvalue weighted by atomic mass is 15.0. The van der Waals surface area contributed by atoms with E-state index in [0.29, 0.717) is 27.9 Å². The first kappa shape index (κ1) is 28.8. The Hall–Kier alpha value is -7.39. The highest BCUT2D eigenvalue weighted by Crippen LogP contribution is 2.42. The van der Waals surface area contributed by atoms with Gasteiger partial charge in [0.05, 0.1) is 62.3 Å². The van der Waals surface area contributed by atoms with Gasteiger partial charge in [-0.25, -0.2) is 0 Å². The topological polar surface area (TPSA) is 81.2 Å². The lowest BCUT2D eigenvalue weighted by Gasteiger charge is -2.19. The molecule has 5 heteroatoms. The number of para-hydroxylation sites is 4. The molecule has 0 unspecified atom stereocenters. The predicted molar refractivity (Wildman–Crippen MR) is 200 cm³/mol. The molecule has 0 bridgehead atoms. The van der Waals surface area contributed by atoms with Crippen LogP contribution in [0.15, 0.2) is 152 Å². The van der Waals surface area contributed by atoms with Gasteiger partial charge in [-0.05, 0) is 65.7 Å². The van der Waals surface area contributed by atoms with E-state index in [4.69, 9.17) is 0 Å². The highest BCUT2D eigenvalue weighted by molar-refractivity contribution is 6.11. The van der Waals surface area contributed by atoms with E-state index in [-0.39, 0.29) is 0 Å². The predicted octanol–water partition coefficient (Wildman–Crippen LogP) is 10.8. The summed E-state index contributed by atoms with van der Waals surface area (Å²) in [6.45, 7) is 0. The molecule has 0 N–H and O–H groups in total. The molecule has 0 aliphatic carbocycles. The maximum absolute atomic E-state index is 10.9. The zero-order chi connectivity index (χ0) is 33.8. The summed E-state index contributed by atoms with van der Waals surface area (Å²) in [5.41, 5.74) is 10.6. The van der Waals surface area contributed by atoms with Crippen LogP contribution in [-0.2, 0) is 0 Å². The quantitative estimate of drug-likeness (QED) is 0.193. The Morgan fingerprint density at radius 1 is 0.340 bits per heavy atom. The zero-order valence-corrected chi connectivity index (χ0v) is 26.7. The van der Waals surface area contributed by atoms with E-state index in [1.807, 2.05) is 97.1 Å². The van der Waals surface area contributed by atoms with E-state index in [1.165, 1.54) is 0 Å². The normalized spacial score (nSPS) is 11.1. The summed E-state index contributed by atoms with van der Waals surface area (Å²) in [4.78, 5) is 0. The Balaban J connectivity index is 1.33. The molecular formula is C45H25N5. The summed E-state index contributed by atoms with van der Waals surface area (Å²) in [7, 11) is 0. The van der Waals surface area contributed by atoms with Crippen LogP contribution >= 0.6 is 0 Å². The van der Waals surface area contributed by atoms with Gasteiger partial charge < -0.3 is 9.13 Å². The minimum atomic E-state index is 0.467. The first-order valence-electron chi connectivity index (χ1n) is 16.3. The second-order valence-electron chi connectivity index (χ2n) is 12.3. The number of fused-ring (bicyclic) bond motifs is 6. The van der Waals surface area contributed by atoms with Crippen molar-refractivity contribution in [2.45, 2.75) is 0 Å². The molecule has 230 valence electrons. The monoisotopic (exact) mass is 635 g/mol. The second-order valence-corrected chi connectivity index (χ2v) is 12.3. The third kappa shape index (κ3) is 4.24. The molecule has 5 nitrogen and oxygen atoms in total. The zero-order valence-electron chi connectivity index (χ0n) is 26.7. The lowest BCUT2D eigenvalue weighted by atomic mass is 9.89. The second kappa shape index (κ2) is 11.4. The minimum Gasteiger partial charge on any atom is -0.309 e. The van der Waals surface area contributed by atoms with E-state index in [9.17, 15) is 15.8 Å². The molecule has 9 aromatic rings. The lowest BCUT2D eigenvalue weighted by molar-refractivity contribution is 1.16. The van der Waals surface area contributed by atoms with Gasteiger partial charge in [-0.1, -0.05) is 97.1 Å². The maximum Gasteiger partial charge on any atom is 0.102 e. The number of nitriles is 3. The fourth-order valence-electron chi connectivity index (χ4n) is 7.53. The summed E-state index contributed by atoms with van der Waals surface area (Å²) in [5, 5.41) is 35.2. The van der Waals surface area contributed by atoms with Gasteiger partial charge in [-0.15, -0.1) is 0 Å². The Bertz CT molecular complexity index is 2920. The average molecular weight is 636 g/mol. The van der Waals surface area contributed by atoms with E-state index < -0.39 is 0 Å². The van der Waals surface area contributed by atoms with Crippen molar-refractivity contribution in [3.63, 3.8) is 0 Å². The van der Waals surface area contributed by atoms with Crippen molar-refractivity contribution in [1.29, 1.82) is 15.8 Å². The van der Waals surface area contributed by atoms with Crippen LogP contribution in [0.3, 0.4) is 0 Å². The molecule has 2 aromatic heterocycles. The minimum absolute atomic E-state index is 0.467. The molecule has 0 spiro atoms. The molecule has 50 heavy (non-hydrogen) atoms. The van der Waals surface area contributed by atoms with Crippen molar-refractivity contribution < 1.29 is 0 Å². The molecule has 0 fully saturated rings. The van der Waals surface area contributed by atoms with Gasteiger partial charge in [0, 0.05) is 32.7 Å². The number of aromatic nitrogens is 2. The Morgan fingerprint density at radius 3 is 1.42 bits per heavy atom. The third-order valence-corrected chi connectivity index (χ3v) is 9.63. The van der Waals surface area contributed by atoms with Crippen LogP contribution in [0.25, 0.3) is 77.2 Å². The number of benzene rings is 7. The molecule has 0 saturated carbocycles. The summed E-state index contributed by atoms with van der Waals surface area (Å²) in [5.74, 6) is 0. The Morgan fingerprint density at radius 2 is 0.820 bits per heavy atom. The van der Waals surface area contributed by atoms with Gasteiger partial charge in [-0.2, -0.15) is 15.8 Å². The maximum atomic E-state index is 10.9. The van der Waals surface area contributed by atoms with E-state index in [1.54, 1.807) is 0 Å². The van der Waals surface area contributed by atoms with Crippen LogP contribution in [0.2, 0.25) is 0 Å². The molecule has 0 aliphatic heterocycles. The number of nitrogens with zero attached hydrogens (tertiary/aromatic N) is 5. The first-order chi connectivity index (χ1) is 24.7. The number of hydrogen-bond acceptors (Lipinski definition) is 3. The molecule has 9 rings (SSSR count). The molecule has 0 atom stereocenters. The standard InChI is InChI=1S/C45H25N5/c46-26-29-21-22-44-38(23-29)36-16-6-10-20-43(36)49(44)40-17-7-3-13-33(40)31-11-1-2-12-32(31)37-24-30(27-47)25-45(39(37)28-48)50-41-18-8-4-14-34(41)35-15-5-9-19-42(35)50/h1-25H. The van der Waals surface area contributed by atoms with Crippen LogP contribution in [-0.4, -0.2) is 9.13 Å². The Labute approximate surface area is 287 Å². The van der Waals surface area contributed by atoms with Crippen molar-refractivity contribution in [3.05, 3.63) is 168 Å². The molecule has 0 aliphatic rings. The lowest BCUT2D eigenvalue weighted by Crippen LogP contribution is -2.02. The smallest absolute Gasteiger partial charge is 0.102 e. The van der Waals surface area contributed by atoms with E-state index >= 15 is 0 Å². The molecule has 0 saturated heterocycles. The number of hydrogen-bond donors (Lipinski definition) is 0. The van der Waals surface area contributed by atoms with Gasteiger partial charge in [0.1, 0.15) is 6.07 Å². The molecule has 0 amide bonds. The van der Waals surface area contributed by atoms with Crippen molar-refractivity contribution >= 4 is 43.6 Å². The molecule has 2 heterocycles. The summed E-state index contributed by atoms with van der Waals surface area (Å²) in [6, 6.07) is 57.7. The summed E-state index contributed by atoms with van der Waals surface area (Å²) >= 11 is 0. The van der Waals surface area contributed by atoms with Crippen molar-refractivity contribution in [1.82, 2.24) is 9.13 Å². The third-order valence-electron chi connectivity index (χ3n) is 9.63. The Kier molecular flexibility index (Phi) is 6.56. The highest BCUT2D eigenvalue weighted by Gasteiger charge is 2.22. The summed E-state index contributed by atoms with van der Waals surface area (Å²) < 4.78 is 4.36. The molecule has 0 radical (unpaired) electrons. The van der Waals surface area contributed by atoms with Crippen LogP contribution in [0.1, 0.15) is 16.7 Å². The van der Waals surface area contributed by atoms with Crippen molar-refractivity contribution in [2.75, 3.05) is 0 Å². The summed E-state index contributed by atoms with van der Waals surface area (Å²) in [6.07, 6.45) is 0. The van der Waals surface area contributed by atoms with Crippen molar-refractivity contribution in [3.8, 4) is 51.8 Å². The average Bonchev–Trinajstić information content (AvgIpc) is 3.70. The van der Waals surface area contributed by atoms with Gasteiger partial charge in [-0.3, -0.25) is 0 Å². The van der Waals surface area contributed by atoms with Gasteiger partial charge in [0.25, 0.3) is 0 Å². The van der Waals surface area contributed by atoms with Gasteiger partial charge >= 0.3 is 0 Å². The fourth-order valence-corrected chi connectivity index (χ4v) is 7.53. The largest absolute Gasteiger partial charge is 0.309 e. The van der Waals surface area contributed by atoms with Gasteiger partial charge in [0.2, 0.25) is 0 Å². The van der Waals surface area contributed by atoms with E-state index in [0.717, 1.165) is 66.0 Å². The number of rotatable bonds is 4. The van der Waals surface area contributed by atoms with Crippen LogP contribution < -0.4 is 0 Å². The van der Waals surface area contributed by atoms with Crippen molar-refractivity contribution in [2.24, 2.45) is 0 Å². The van der Waals surface area contributed by atoms with Crippen LogP contribution in [0, 0.1) is 34.0 Å². The fraction of sp³-hybridized carbons (Fsp3) is 0. The molecule has 7 aromatic carbocycles. The first-order valence-corrected chi connectivity index (χ1v) is 16.3. The van der Waals surface area contributed by atoms with Crippen LogP contribution in [0.4, 0.5) is 0 Å². The molecular weight excluding hydrogens is 611 g/mol. The SMILES string of the molecule is N#Cc1cc(-c2ccccc2-c2ccccc2-n2c3ccccc3c3cc(C#N)ccc32)c(C#N)c(-n2c3ccccc3c3ccccc32)c1. The van der Waals surface area contributed by atoms with Gasteiger partial charge in [0.15, 0.2) is 0 Å². The van der Waals surface area contributed by atoms with Crippen LogP contribution in [0.5, 0.6) is 0 Å². The van der Waals surface area contributed by atoms with E-state index in [2.05, 4.69) is 81.9 Å².